The second-order valence-electron chi connectivity index (χ2n) is 6.61. The van der Waals surface area contributed by atoms with E-state index in [0.717, 1.165) is 0 Å². The van der Waals surface area contributed by atoms with Crippen LogP contribution in [0, 0.1) is 3.70 Å². The molecule has 0 unspecified atom stereocenters. The molecule has 0 spiro atoms. The third kappa shape index (κ3) is 5.46. The third-order valence-electron chi connectivity index (χ3n) is 4.47. The highest BCUT2D eigenvalue weighted by molar-refractivity contribution is 14.1. The van der Waals surface area contributed by atoms with Crippen molar-refractivity contribution in [3.8, 4) is 28.4 Å². The van der Waals surface area contributed by atoms with E-state index in [1.54, 1.807) is 66.8 Å². The molecular weight excluding hydrogens is 566 g/mol. The first-order chi connectivity index (χ1) is 15.7. The number of hydrogen-bond donors (Lipinski definition) is 0. The Morgan fingerprint density at radius 2 is 1.64 bits per heavy atom. The summed E-state index contributed by atoms with van der Waals surface area (Å²) < 4.78 is 55.9. The lowest BCUT2D eigenvalue weighted by molar-refractivity contribution is 0.0526. The summed E-state index contributed by atoms with van der Waals surface area (Å²) in [5, 5.41) is 4.38. The molecule has 2 aromatic carbocycles. The van der Waals surface area contributed by atoms with Crippen LogP contribution < -0.4 is 9.47 Å². The Balaban J connectivity index is 2.14. The maximum absolute atomic E-state index is 14.4. The second-order valence-corrected chi connectivity index (χ2v) is 8.92. The number of rotatable bonds is 9. The molecule has 0 bridgehead atoms. The summed E-state index contributed by atoms with van der Waals surface area (Å²) in [4.78, 5) is 11.3. The van der Waals surface area contributed by atoms with Gasteiger partial charge in [0.25, 0.3) is 0 Å². The zero-order chi connectivity index (χ0) is 24.2. The largest absolute Gasteiger partial charge is 0.490 e. The van der Waals surface area contributed by atoms with Crippen LogP contribution in [0.5, 0.6) is 11.5 Å². The second kappa shape index (κ2) is 10.5. The van der Waals surface area contributed by atoms with Gasteiger partial charge in [-0.05, 0) is 85.8 Å². The van der Waals surface area contributed by atoms with Crippen LogP contribution in [-0.2, 0) is 15.0 Å². The fraction of sp³-hybridized carbons (Fsp3) is 0.273. The van der Waals surface area contributed by atoms with Crippen LogP contribution in [0.25, 0.3) is 16.9 Å². The Hall–Kier alpha value is -2.67. The molecule has 0 radical (unpaired) electrons. The normalized spacial score (nSPS) is 11.3. The van der Waals surface area contributed by atoms with Crippen molar-refractivity contribution in [2.75, 3.05) is 19.8 Å². The highest BCUT2D eigenvalue weighted by Gasteiger charge is 2.29. The number of carbonyl (C=O) groups is 1. The van der Waals surface area contributed by atoms with Crippen molar-refractivity contribution in [3.63, 3.8) is 0 Å². The first-order valence-electron chi connectivity index (χ1n) is 10.1. The molecule has 0 amide bonds. The SMILES string of the molecule is CCOC(=O)c1ccc(-n2nc(-c3ccc(OCC)c(OCC)c3)c(S(=O)(=O)F)c2I)cc1. The fourth-order valence-corrected chi connectivity index (χ4v) is 5.22. The molecule has 0 fully saturated rings. The average Bonchev–Trinajstić information content (AvgIpc) is 3.13. The van der Waals surface area contributed by atoms with E-state index in [9.17, 15) is 17.1 Å². The molecule has 0 aliphatic carbocycles. The molecule has 1 aromatic heterocycles. The number of hydrogen-bond acceptors (Lipinski definition) is 7. The molecule has 3 rings (SSSR count). The summed E-state index contributed by atoms with van der Waals surface area (Å²) in [5.74, 6) is 0.392. The van der Waals surface area contributed by atoms with Gasteiger partial charge in [0.2, 0.25) is 0 Å². The summed E-state index contributed by atoms with van der Waals surface area (Å²) in [5.41, 5.74) is 1.05. The van der Waals surface area contributed by atoms with Gasteiger partial charge in [0.15, 0.2) is 16.4 Å². The van der Waals surface area contributed by atoms with Crippen LogP contribution >= 0.6 is 22.6 Å². The lowest BCUT2D eigenvalue weighted by Crippen LogP contribution is -2.05. The van der Waals surface area contributed by atoms with Crippen LogP contribution in [0.3, 0.4) is 0 Å². The van der Waals surface area contributed by atoms with Gasteiger partial charge in [0.05, 0.1) is 31.1 Å². The van der Waals surface area contributed by atoms with Crippen molar-refractivity contribution in [3.05, 3.63) is 51.7 Å². The highest BCUT2D eigenvalue weighted by Crippen LogP contribution is 2.38. The molecule has 0 N–H and O–H groups in total. The van der Waals surface area contributed by atoms with Gasteiger partial charge in [0, 0.05) is 5.56 Å². The van der Waals surface area contributed by atoms with Gasteiger partial charge in [0.1, 0.15) is 9.39 Å². The summed E-state index contributed by atoms with van der Waals surface area (Å²) >= 11 is 1.73. The van der Waals surface area contributed by atoms with Gasteiger partial charge in [-0.3, -0.25) is 0 Å². The molecule has 33 heavy (non-hydrogen) atoms. The van der Waals surface area contributed by atoms with Crippen LogP contribution in [0.4, 0.5) is 3.89 Å². The molecular formula is C22H22FIN2O6S. The number of carbonyl (C=O) groups excluding carboxylic acids is 1. The Bertz CT molecular complexity index is 1260. The summed E-state index contributed by atoms with van der Waals surface area (Å²) in [6.07, 6.45) is 0. The number of benzene rings is 2. The molecule has 176 valence electrons. The van der Waals surface area contributed by atoms with Crippen LogP contribution in [-0.4, -0.2) is 44.0 Å². The Kier molecular flexibility index (Phi) is 7.95. The minimum absolute atomic E-state index is 0.0563. The lowest BCUT2D eigenvalue weighted by Gasteiger charge is -2.12. The van der Waals surface area contributed by atoms with E-state index in [4.69, 9.17) is 14.2 Å². The standard InChI is InChI=1S/C22H22FIN2O6S/c1-4-30-17-12-9-15(13-18(17)31-5-2)19-20(33(23,28)29)21(24)26(25-19)16-10-7-14(8-11-16)22(27)32-6-3/h7-13H,4-6H2,1-3H3. The monoisotopic (exact) mass is 588 g/mol. The van der Waals surface area contributed by atoms with E-state index in [0.29, 0.717) is 41.5 Å². The minimum Gasteiger partial charge on any atom is -0.490 e. The van der Waals surface area contributed by atoms with E-state index in [2.05, 4.69) is 5.10 Å². The molecule has 0 aliphatic rings. The first-order valence-corrected chi connectivity index (χ1v) is 12.6. The first kappa shape index (κ1) is 25.0. The maximum atomic E-state index is 14.4. The predicted octanol–water partition coefficient (Wildman–Crippen LogP) is 4.78. The molecule has 0 saturated heterocycles. The average molecular weight is 588 g/mol. The number of esters is 1. The summed E-state index contributed by atoms with van der Waals surface area (Å²) in [6.45, 7) is 6.35. The Morgan fingerprint density at radius 1 is 1.00 bits per heavy atom. The lowest BCUT2D eigenvalue weighted by atomic mass is 10.1. The highest BCUT2D eigenvalue weighted by atomic mass is 127. The summed E-state index contributed by atoms with van der Waals surface area (Å²) in [7, 11) is -5.11. The van der Waals surface area contributed by atoms with E-state index >= 15 is 0 Å². The number of halogens is 2. The number of nitrogens with zero attached hydrogens (tertiary/aromatic N) is 2. The third-order valence-corrected chi connectivity index (χ3v) is 6.71. The topological polar surface area (TPSA) is 96.7 Å². The number of ether oxygens (including phenoxy) is 3. The van der Waals surface area contributed by atoms with Crippen molar-refractivity contribution in [1.82, 2.24) is 9.78 Å². The molecule has 8 nitrogen and oxygen atoms in total. The Morgan fingerprint density at radius 3 is 2.21 bits per heavy atom. The van der Waals surface area contributed by atoms with Crippen molar-refractivity contribution < 1.29 is 31.3 Å². The molecule has 0 saturated carbocycles. The molecule has 3 aromatic rings. The van der Waals surface area contributed by atoms with Crippen LogP contribution in [0.2, 0.25) is 0 Å². The van der Waals surface area contributed by atoms with Gasteiger partial charge >= 0.3 is 16.2 Å². The van der Waals surface area contributed by atoms with Crippen molar-refractivity contribution >= 4 is 38.8 Å². The van der Waals surface area contributed by atoms with Crippen LogP contribution in [0.1, 0.15) is 31.1 Å². The zero-order valence-electron chi connectivity index (χ0n) is 18.2. The summed E-state index contributed by atoms with van der Waals surface area (Å²) in [6, 6.07) is 11.0. The van der Waals surface area contributed by atoms with E-state index in [-0.39, 0.29) is 16.0 Å². The molecule has 0 atom stereocenters. The van der Waals surface area contributed by atoms with E-state index in [1.807, 2.05) is 6.92 Å². The fourth-order valence-electron chi connectivity index (χ4n) is 3.11. The Labute approximate surface area is 205 Å². The molecule has 1 heterocycles. The minimum atomic E-state index is -5.11. The zero-order valence-corrected chi connectivity index (χ0v) is 21.1. The van der Waals surface area contributed by atoms with Crippen molar-refractivity contribution in [2.45, 2.75) is 25.7 Å². The van der Waals surface area contributed by atoms with Crippen molar-refractivity contribution in [1.29, 1.82) is 0 Å². The van der Waals surface area contributed by atoms with Gasteiger partial charge in [-0.15, -0.1) is 3.89 Å². The van der Waals surface area contributed by atoms with Crippen LogP contribution in [0.15, 0.2) is 47.4 Å². The maximum Gasteiger partial charge on any atom is 0.338 e. The van der Waals surface area contributed by atoms with Gasteiger partial charge in [-0.25, -0.2) is 9.48 Å². The molecule has 0 aliphatic heterocycles. The van der Waals surface area contributed by atoms with Gasteiger partial charge in [-0.1, -0.05) is 0 Å². The van der Waals surface area contributed by atoms with E-state index in [1.165, 1.54) is 16.8 Å². The smallest absolute Gasteiger partial charge is 0.338 e. The van der Waals surface area contributed by atoms with E-state index < -0.39 is 21.1 Å². The predicted molar refractivity (Wildman–Crippen MR) is 128 cm³/mol. The van der Waals surface area contributed by atoms with Crippen molar-refractivity contribution in [2.24, 2.45) is 0 Å². The quantitative estimate of drug-likeness (QED) is 0.202. The van der Waals surface area contributed by atoms with Gasteiger partial charge < -0.3 is 14.2 Å². The molecule has 11 heteroatoms. The number of aromatic nitrogens is 2. The van der Waals surface area contributed by atoms with Gasteiger partial charge in [-0.2, -0.15) is 13.5 Å².